The number of rotatable bonds is 7. The molecule has 0 aliphatic heterocycles. The Morgan fingerprint density at radius 1 is 1.08 bits per heavy atom. The first-order chi connectivity index (χ1) is 11.7. The highest BCUT2D eigenvalue weighted by Crippen LogP contribution is 2.20. The molecule has 0 spiro atoms. The topological polar surface area (TPSA) is 65.2 Å². The molecule has 0 saturated carbocycles. The van der Waals surface area contributed by atoms with Crippen molar-refractivity contribution in [2.45, 2.75) is 11.8 Å². The smallest absolute Gasteiger partial charge is 0.277 e. The Bertz CT molecular complexity index is 823. The van der Waals surface area contributed by atoms with Gasteiger partial charge in [0.05, 0.1) is 5.75 Å². The average Bonchev–Trinajstić information content (AvgIpc) is 3.08. The summed E-state index contributed by atoms with van der Waals surface area (Å²) >= 11 is 1.15. The SMILES string of the molecule is O=C(CSc1nnc(COc2ccccc2F)o1)c1ccccc1. The third-order valence-corrected chi connectivity index (χ3v) is 3.88. The van der Waals surface area contributed by atoms with E-state index < -0.39 is 5.82 Å². The molecule has 0 amide bonds. The van der Waals surface area contributed by atoms with Gasteiger partial charge in [-0.05, 0) is 12.1 Å². The summed E-state index contributed by atoms with van der Waals surface area (Å²) in [4.78, 5) is 12.0. The van der Waals surface area contributed by atoms with Crippen LogP contribution in [0, 0.1) is 5.82 Å². The third kappa shape index (κ3) is 4.20. The molecule has 0 radical (unpaired) electrons. The Labute approximate surface area is 141 Å². The molecule has 0 bridgehead atoms. The summed E-state index contributed by atoms with van der Waals surface area (Å²) in [6.45, 7) is -0.0406. The van der Waals surface area contributed by atoms with Gasteiger partial charge in [-0.25, -0.2) is 4.39 Å². The predicted molar refractivity (Wildman–Crippen MR) is 86.5 cm³/mol. The van der Waals surface area contributed by atoms with Crippen molar-refractivity contribution in [1.82, 2.24) is 10.2 Å². The zero-order chi connectivity index (χ0) is 16.8. The van der Waals surface area contributed by atoms with Crippen LogP contribution in [-0.2, 0) is 6.61 Å². The number of benzene rings is 2. The number of nitrogens with zero attached hydrogens (tertiary/aromatic N) is 2. The van der Waals surface area contributed by atoms with Gasteiger partial charge in [-0.15, -0.1) is 10.2 Å². The molecule has 0 unspecified atom stereocenters. The first-order valence-electron chi connectivity index (χ1n) is 7.13. The van der Waals surface area contributed by atoms with E-state index in [0.717, 1.165) is 11.8 Å². The van der Waals surface area contributed by atoms with Gasteiger partial charge in [0.2, 0.25) is 0 Å². The maximum atomic E-state index is 13.4. The van der Waals surface area contributed by atoms with Crippen molar-refractivity contribution < 1.29 is 18.3 Å². The molecular weight excluding hydrogens is 331 g/mol. The van der Waals surface area contributed by atoms with Gasteiger partial charge >= 0.3 is 0 Å². The average molecular weight is 344 g/mol. The molecule has 0 atom stereocenters. The summed E-state index contributed by atoms with van der Waals surface area (Å²) in [6.07, 6.45) is 0. The first-order valence-corrected chi connectivity index (χ1v) is 8.11. The summed E-state index contributed by atoms with van der Waals surface area (Å²) in [5, 5.41) is 7.92. The lowest BCUT2D eigenvalue weighted by Gasteiger charge is -2.03. The van der Waals surface area contributed by atoms with E-state index in [1.165, 1.54) is 12.1 Å². The van der Waals surface area contributed by atoms with Crippen LogP contribution in [-0.4, -0.2) is 21.7 Å². The molecule has 5 nitrogen and oxygen atoms in total. The minimum Gasteiger partial charge on any atom is -0.481 e. The van der Waals surface area contributed by atoms with Crippen molar-refractivity contribution in [3.63, 3.8) is 0 Å². The van der Waals surface area contributed by atoms with Crippen molar-refractivity contribution >= 4 is 17.5 Å². The van der Waals surface area contributed by atoms with Crippen LogP contribution in [0.4, 0.5) is 4.39 Å². The van der Waals surface area contributed by atoms with E-state index in [4.69, 9.17) is 9.15 Å². The van der Waals surface area contributed by atoms with E-state index in [2.05, 4.69) is 10.2 Å². The zero-order valence-corrected chi connectivity index (χ0v) is 13.3. The minimum atomic E-state index is -0.458. The number of ether oxygens (including phenoxy) is 1. The molecule has 2 aromatic carbocycles. The van der Waals surface area contributed by atoms with Gasteiger partial charge in [0.15, 0.2) is 24.0 Å². The fourth-order valence-electron chi connectivity index (χ4n) is 1.89. The fourth-order valence-corrected chi connectivity index (χ4v) is 2.57. The van der Waals surface area contributed by atoms with Crippen LogP contribution in [0.1, 0.15) is 16.2 Å². The third-order valence-electron chi connectivity index (χ3n) is 3.06. The molecule has 1 aromatic heterocycles. The minimum absolute atomic E-state index is 0.0250. The molecular formula is C17H13FN2O3S. The fraction of sp³-hybridized carbons (Fsp3) is 0.118. The largest absolute Gasteiger partial charge is 0.481 e. The number of thioether (sulfide) groups is 1. The summed E-state index contributed by atoms with van der Waals surface area (Å²) in [7, 11) is 0. The van der Waals surface area contributed by atoms with Gasteiger partial charge in [-0.2, -0.15) is 0 Å². The molecule has 24 heavy (non-hydrogen) atoms. The second-order valence-corrected chi connectivity index (χ2v) is 5.69. The molecule has 3 rings (SSSR count). The summed E-state index contributed by atoms with van der Waals surface area (Å²) in [5.41, 5.74) is 0.632. The van der Waals surface area contributed by atoms with Crippen LogP contribution in [0.25, 0.3) is 0 Å². The van der Waals surface area contributed by atoms with Crippen LogP contribution in [0.5, 0.6) is 5.75 Å². The maximum Gasteiger partial charge on any atom is 0.277 e. The van der Waals surface area contributed by atoms with Crippen LogP contribution in [0.3, 0.4) is 0 Å². The lowest BCUT2D eigenvalue weighted by atomic mass is 10.2. The van der Waals surface area contributed by atoms with Crippen molar-refractivity contribution in [2.24, 2.45) is 0 Å². The normalized spacial score (nSPS) is 10.5. The van der Waals surface area contributed by atoms with Gasteiger partial charge < -0.3 is 9.15 Å². The summed E-state index contributed by atoms with van der Waals surface area (Å²) < 4.78 is 24.1. The number of para-hydroxylation sites is 1. The standard InChI is InChI=1S/C17H13FN2O3S/c18-13-8-4-5-9-15(13)22-10-16-19-20-17(23-16)24-11-14(21)12-6-2-1-3-7-12/h1-9H,10-11H2. The summed E-state index contributed by atoms with van der Waals surface area (Å²) in [5.74, 6) is 0.0416. The quantitative estimate of drug-likeness (QED) is 0.480. The van der Waals surface area contributed by atoms with Gasteiger partial charge in [0, 0.05) is 5.56 Å². The number of ketones is 1. The Morgan fingerprint density at radius 3 is 2.62 bits per heavy atom. The number of carbonyl (C=O) groups is 1. The van der Waals surface area contributed by atoms with Gasteiger partial charge in [0.1, 0.15) is 0 Å². The number of aromatic nitrogens is 2. The number of carbonyl (C=O) groups excluding carboxylic acids is 1. The molecule has 122 valence electrons. The highest BCUT2D eigenvalue weighted by atomic mass is 32.2. The molecule has 3 aromatic rings. The Hall–Kier alpha value is -2.67. The molecule has 7 heteroatoms. The van der Waals surface area contributed by atoms with E-state index in [0.29, 0.717) is 5.56 Å². The molecule has 0 aliphatic carbocycles. The lowest BCUT2D eigenvalue weighted by molar-refractivity contribution is 0.102. The van der Waals surface area contributed by atoms with E-state index in [-0.39, 0.29) is 35.0 Å². The van der Waals surface area contributed by atoms with Crippen LogP contribution < -0.4 is 4.74 Å². The molecule has 0 fully saturated rings. The second kappa shape index (κ2) is 7.74. The highest BCUT2D eigenvalue weighted by Gasteiger charge is 2.12. The number of hydrogen-bond donors (Lipinski definition) is 0. The monoisotopic (exact) mass is 344 g/mol. The molecule has 0 saturated heterocycles. The first kappa shape index (κ1) is 16.2. The number of Topliss-reactive ketones (excluding diaryl/α,β-unsaturated/α-hetero) is 1. The van der Waals surface area contributed by atoms with Crippen LogP contribution >= 0.6 is 11.8 Å². The van der Waals surface area contributed by atoms with Crippen molar-refractivity contribution in [2.75, 3.05) is 5.75 Å². The van der Waals surface area contributed by atoms with E-state index in [9.17, 15) is 9.18 Å². The molecule has 0 N–H and O–H groups in total. The van der Waals surface area contributed by atoms with Crippen molar-refractivity contribution in [3.8, 4) is 5.75 Å². The summed E-state index contributed by atoms with van der Waals surface area (Å²) in [6, 6.07) is 15.0. The van der Waals surface area contributed by atoms with E-state index >= 15 is 0 Å². The molecule has 1 heterocycles. The Kier molecular flexibility index (Phi) is 5.22. The number of halogens is 1. The Balaban J connectivity index is 1.52. The van der Waals surface area contributed by atoms with Gasteiger partial charge in [-0.3, -0.25) is 4.79 Å². The number of hydrogen-bond acceptors (Lipinski definition) is 6. The lowest BCUT2D eigenvalue weighted by Crippen LogP contribution is -2.01. The predicted octanol–water partition coefficient (Wildman–Crippen LogP) is 3.76. The van der Waals surface area contributed by atoms with Crippen LogP contribution in [0.15, 0.2) is 64.2 Å². The van der Waals surface area contributed by atoms with Gasteiger partial charge in [0.25, 0.3) is 11.1 Å². The Morgan fingerprint density at radius 2 is 1.83 bits per heavy atom. The zero-order valence-electron chi connectivity index (χ0n) is 12.5. The maximum absolute atomic E-state index is 13.4. The van der Waals surface area contributed by atoms with Crippen molar-refractivity contribution in [1.29, 1.82) is 0 Å². The van der Waals surface area contributed by atoms with E-state index in [1.54, 1.807) is 24.3 Å². The second-order valence-electron chi connectivity index (χ2n) is 4.76. The molecule has 0 aliphatic rings. The van der Waals surface area contributed by atoms with Crippen LogP contribution in [0.2, 0.25) is 0 Å². The van der Waals surface area contributed by atoms with Crippen molar-refractivity contribution in [3.05, 3.63) is 71.9 Å². The van der Waals surface area contributed by atoms with E-state index in [1.807, 2.05) is 18.2 Å². The highest BCUT2D eigenvalue weighted by molar-refractivity contribution is 7.99. The van der Waals surface area contributed by atoms with Gasteiger partial charge in [-0.1, -0.05) is 54.2 Å².